The van der Waals surface area contributed by atoms with Crippen LogP contribution in [0, 0.1) is 0 Å². The minimum absolute atomic E-state index is 0.0361. The van der Waals surface area contributed by atoms with Crippen LogP contribution in [-0.4, -0.2) is 57.0 Å². The fraction of sp³-hybridized carbons (Fsp3) is 0.333. The number of esters is 1. The van der Waals surface area contributed by atoms with E-state index in [1.165, 1.54) is 27.2 Å². The highest BCUT2D eigenvalue weighted by molar-refractivity contribution is 5.86. The van der Waals surface area contributed by atoms with Crippen molar-refractivity contribution >= 4 is 12.1 Å². The molecule has 30 heavy (non-hydrogen) atoms. The second kappa shape index (κ2) is 10.1. The van der Waals surface area contributed by atoms with Crippen molar-refractivity contribution in [3.8, 4) is 11.1 Å². The summed E-state index contributed by atoms with van der Waals surface area (Å²) < 4.78 is 15.9. The van der Waals surface area contributed by atoms with Crippen LogP contribution in [0.25, 0.3) is 11.1 Å². The lowest BCUT2D eigenvalue weighted by molar-refractivity contribution is -0.140. The molecule has 6 heteroatoms. The molecule has 2 aromatic carbocycles. The number of ether oxygens (including phenoxy) is 3. The van der Waals surface area contributed by atoms with Crippen LogP contribution >= 0.6 is 0 Å². The Bertz CT molecular complexity index is 878. The first-order chi connectivity index (χ1) is 14.5. The van der Waals surface area contributed by atoms with E-state index in [0.717, 1.165) is 0 Å². The highest BCUT2D eigenvalue weighted by atomic mass is 16.6. The number of hydrogen-bond acceptors (Lipinski definition) is 5. The molecule has 0 aromatic heterocycles. The minimum Gasteiger partial charge on any atom is -0.460 e. The summed E-state index contributed by atoms with van der Waals surface area (Å²) in [5.74, 6) is -0.400. The Morgan fingerprint density at radius 2 is 1.53 bits per heavy atom. The maximum absolute atomic E-state index is 12.4. The van der Waals surface area contributed by atoms with Crippen molar-refractivity contribution < 1.29 is 23.8 Å². The molecule has 1 amide bonds. The molecule has 0 saturated carbocycles. The van der Waals surface area contributed by atoms with E-state index in [4.69, 9.17) is 14.2 Å². The molecule has 0 fully saturated rings. The molecule has 6 nitrogen and oxygen atoms in total. The largest absolute Gasteiger partial charge is 0.460 e. The van der Waals surface area contributed by atoms with E-state index in [0.29, 0.717) is 18.7 Å². The molecule has 0 atom stereocenters. The SMILES string of the molecule is C=C(C)C(=O)OCCOCCN(C)C(=O)OCC1c2ccccc2-c2ccccc21. The lowest BCUT2D eigenvalue weighted by atomic mass is 9.98. The first-order valence-electron chi connectivity index (χ1n) is 9.95. The second-order valence-corrected chi connectivity index (χ2v) is 7.25. The quantitative estimate of drug-likeness (QED) is 0.356. The molecule has 0 aliphatic heterocycles. The Morgan fingerprint density at radius 3 is 2.13 bits per heavy atom. The summed E-state index contributed by atoms with van der Waals surface area (Å²) >= 11 is 0. The summed E-state index contributed by atoms with van der Waals surface area (Å²) in [6.07, 6.45) is -0.394. The van der Waals surface area contributed by atoms with Gasteiger partial charge in [-0.15, -0.1) is 0 Å². The van der Waals surface area contributed by atoms with Gasteiger partial charge >= 0.3 is 12.1 Å². The van der Waals surface area contributed by atoms with E-state index in [2.05, 4.69) is 30.8 Å². The summed E-state index contributed by atoms with van der Waals surface area (Å²) in [4.78, 5) is 25.1. The molecule has 0 heterocycles. The van der Waals surface area contributed by atoms with Gasteiger partial charge in [-0.1, -0.05) is 55.1 Å². The molecule has 1 aliphatic carbocycles. The number of carbonyl (C=O) groups is 2. The smallest absolute Gasteiger partial charge is 0.409 e. The number of rotatable bonds is 9. The number of fused-ring (bicyclic) bond motifs is 3. The second-order valence-electron chi connectivity index (χ2n) is 7.25. The Morgan fingerprint density at radius 1 is 0.933 bits per heavy atom. The lowest BCUT2D eigenvalue weighted by Crippen LogP contribution is -2.32. The Labute approximate surface area is 177 Å². The maximum Gasteiger partial charge on any atom is 0.409 e. The van der Waals surface area contributed by atoms with Gasteiger partial charge in [0, 0.05) is 25.1 Å². The molecule has 0 saturated heterocycles. The van der Waals surface area contributed by atoms with Crippen molar-refractivity contribution in [1.82, 2.24) is 4.90 Å². The normalized spacial score (nSPS) is 12.1. The van der Waals surface area contributed by atoms with Gasteiger partial charge in [-0.3, -0.25) is 0 Å². The van der Waals surface area contributed by atoms with Gasteiger partial charge in [0.15, 0.2) is 0 Å². The first-order valence-corrected chi connectivity index (χ1v) is 9.95. The van der Waals surface area contributed by atoms with Crippen molar-refractivity contribution in [3.05, 3.63) is 71.8 Å². The van der Waals surface area contributed by atoms with E-state index in [9.17, 15) is 9.59 Å². The van der Waals surface area contributed by atoms with Crippen LogP contribution in [0.2, 0.25) is 0 Å². The highest BCUT2D eigenvalue weighted by Gasteiger charge is 2.29. The fourth-order valence-corrected chi connectivity index (χ4v) is 3.42. The summed E-state index contributed by atoms with van der Waals surface area (Å²) in [7, 11) is 1.67. The van der Waals surface area contributed by atoms with Gasteiger partial charge in [-0.2, -0.15) is 0 Å². The van der Waals surface area contributed by atoms with Gasteiger partial charge in [0.05, 0.1) is 13.2 Å². The first kappa shape index (κ1) is 21.6. The molecular formula is C24H27NO5. The number of nitrogens with zero attached hydrogens (tertiary/aromatic N) is 1. The molecule has 1 aliphatic rings. The van der Waals surface area contributed by atoms with Gasteiger partial charge < -0.3 is 19.1 Å². The summed E-state index contributed by atoms with van der Waals surface area (Å²) in [5.41, 5.74) is 5.11. The van der Waals surface area contributed by atoms with Crippen molar-refractivity contribution in [2.24, 2.45) is 0 Å². The number of amides is 1. The molecule has 0 N–H and O–H groups in total. The highest BCUT2D eigenvalue weighted by Crippen LogP contribution is 2.44. The van der Waals surface area contributed by atoms with Crippen LogP contribution in [0.1, 0.15) is 24.0 Å². The molecular weight excluding hydrogens is 382 g/mol. The topological polar surface area (TPSA) is 65.1 Å². The number of carbonyl (C=O) groups excluding carboxylic acids is 2. The van der Waals surface area contributed by atoms with Gasteiger partial charge in [-0.05, 0) is 29.2 Å². The molecule has 0 unspecified atom stereocenters. The molecule has 0 radical (unpaired) electrons. The van der Waals surface area contributed by atoms with Crippen LogP contribution in [0.15, 0.2) is 60.7 Å². The molecule has 0 spiro atoms. The molecule has 158 valence electrons. The van der Waals surface area contributed by atoms with E-state index in [1.807, 2.05) is 24.3 Å². The third kappa shape index (κ3) is 5.07. The average molecular weight is 409 g/mol. The maximum atomic E-state index is 12.4. The van der Waals surface area contributed by atoms with Crippen molar-refractivity contribution in [2.45, 2.75) is 12.8 Å². The number of benzene rings is 2. The summed E-state index contributed by atoms with van der Waals surface area (Å²) in [6, 6.07) is 16.5. The molecule has 3 rings (SSSR count). The lowest BCUT2D eigenvalue weighted by Gasteiger charge is -2.19. The van der Waals surface area contributed by atoms with Gasteiger partial charge in [0.25, 0.3) is 0 Å². The Balaban J connectivity index is 1.43. The van der Waals surface area contributed by atoms with Gasteiger partial charge in [0.2, 0.25) is 0 Å². The van der Waals surface area contributed by atoms with Crippen molar-refractivity contribution in [2.75, 3.05) is 40.0 Å². The average Bonchev–Trinajstić information content (AvgIpc) is 3.07. The van der Waals surface area contributed by atoms with E-state index >= 15 is 0 Å². The molecule has 2 aromatic rings. The standard InChI is InChI=1S/C24H27NO5/c1-17(2)23(26)29-15-14-28-13-12-25(3)24(27)30-16-22-20-10-6-4-8-18(20)19-9-5-7-11-21(19)22/h4-11,22H,1,12-16H2,2-3H3. The minimum atomic E-state index is -0.436. The van der Waals surface area contributed by atoms with Crippen LogP contribution in [0.3, 0.4) is 0 Å². The van der Waals surface area contributed by atoms with Crippen LogP contribution < -0.4 is 0 Å². The third-order valence-electron chi connectivity index (χ3n) is 5.03. The summed E-state index contributed by atoms with van der Waals surface area (Å²) in [6.45, 7) is 6.51. The van der Waals surface area contributed by atoms with Gasteiger partial charge in [0.1, 0.15) is 13.2 Å². The van der Waals surface area contributed by atoms with E-state index < -0.39 is 12.1 Å². The monoisotopic (exact) mass is 409 g/mol. The Hall–Kier alpha value is -3.12. The van der Waals surface area contributed by atoms with E-state index in [1.54, 1.807) is 14.0 Å². The molecule has 0 bridgehead atoms. The summed E-state index contributed by atoms with van der Waals surface area (Å²) in [5, 5.41) is 0. The zero-order valence-corrected chi connectivity index (χ0v) is 17.4. The number of likely N-dealkylation sites (N-methyl/N-ethyl adjacent to an activating group) is 1. The van der Waals surface area contributed by atoms with Crippen molar-refractivity contribution in [1.29, 1.82) is 0 Å². The number of hydrogen-bond donors (Lipinski definition) is 0. The van der Waals surface area contributed by atoms with Crippen LogP contribution in [0.5, 0.6) is 0 Å². The Kier molecular flexibility index (Phi) is 7.25. The zero-order valence-electron chi connectivity index (χ0n) is 17.4. The predicted molar refractivity (Wildman–Crippen MR) is 114 cm³/mol. The predicted octanol–water partition coefficient (Wildman–Crippen LogP) is 4.00. The fourth-order valence-electron chi connectivity index (χ4n) is 3.42. The van der Waals surface area contributed by atoms with Crippen LogP contribution in [-0.2, 0) is 19.0 Å². The van der Waals surface area contributed by atoms with Crippen molar-refractivity contribution in [3.63, 3.8) is 0 Å². The zero-order chi connectivity index (χ0) is 21.5. The third-order valence-corrected chi connectivity index (χ3v) is 5.03. The van der Waals surface area contributed by atoms with E-state index in [-0.39, 0.29) is 25.7 Å². The van der Waals surface area contributed by atoms with Crippen LogP contribution in [0.4, 0.5) is 4.79 Å². The van der Waals surface area contributed by atoms with Gasteiger partial charge in [-0.25, -0.2) is 9.59 Å².